The maximum atomic E-state index is 11.5. The third kappa shape index (κ3) is 3.83. The molecule has 0 spiro atoms. The lowest BCUT2D eigenvalue weighted by molar-refractivity contribution is -0.161. The summed E-state index contributed by atoms with van der Waals surface area (Å²) in [6.45, 7) is 4.34. The van der Waals surface area contributed by atoms with Crippen LogP contribution < -0.4 is 0 Å². The Labute approximate surface area is 121 Å². The SMILES string of the molecule is CC1CCCC(C)C1O[C@@H](Cc1ccccc1)C(=O)O. The molecule has 110 valence electrons. The lowest BCUT2D eigenvalue weighted by Crippen LogP contribution is -2.39. The second-order valence-corrected chi connectivity index (χ2v) is 6.00. The number of hydrogen-bond acceptors (Lipinski definition) is 2. The summed E-state index contributed by atoms with van der Waals surface area (Å²) in [5.74, 6) is 0.0200. The fourth-order valence-corrected chi connectivity index (χ4v) is 3.13. The summed E-state index contributed by atoms with van der Waals surface area (Å²) in [5.41, 5.74) is 1.01. The summed E-state index contributed by atoms with van der Waals surface area (Å²) in [7, 11) is 0. The average molecular weight is 276 g/mol. The summed E-state index contributed by atoms with van der Waals surface area (Å²) in [6.07, 6.45) is 3.24. The predicted octanol–water partition coefficient (Wildman–Crippen LogP) is 3.52. The molecular formula is C17H24O3. The molecule has 3 nitrogen and oxygen atoms in total. The molecule has 0 amide bonds. The molecule has 1 fully saturated rings. The number of carbonyl (C=O) groups is 1. The van der Waals surface area contributed by atoms with Crippen molar-refractivity contribution < 1.29 is 14.6 Å². The van der Waals surface area contributed by atoms with Crippen LogP contribution in [0.2, 0.25) is 0 Å². The van der Waals surface area contributed by atoms with Crippen molar-refractivity contribution in [2.75, 3.05) is 0 Å². The van der Waals surface area contributed by atoms with Gasteiger partial charge in [0.25, 0.3) is 0 Å². The summed E-state index contributed by atoms with van der Waals surface area (Å²) < 4.78 is 5.98. The molecule has 1 aromatic carbocycles. The van der Waals surface area contributed by atoms with E-state index >= 15 is 0 Å². The third-order valence-corrected chi connectivity index (χ3v) is 4.30. The molecule has 1 saturated carbocycles. The van der Waals surface area contributed by atoms with E-state index in [4.69, 9.17) is 4.74 Å². The van der Waals surface area contributed by atoms with Crippen molar-refractivity contribution in [3.63, 3.8) is 0 Å². The molecule has 1 aromatic rings. The zero-order chi connectivity index (χ0) is 14.5. The van der Waals surface area contributed by atoms with Gasteiger partial charge in [-0.1, -0.05) is 50.6 Å². The first-order chi connectivity index (χ1) is 9.58. The van der Waals surface area contributed by atoms with Crippen molar-refractivity contribution in [2.24, 2.45) is 11.8 Å². The van der Waals surface area contributed by atoms with Crippen molar-refractivity contribution in [3.05, 3.63) is 35.9 Å². The normalized spacial score (nSPS) is 28.0. The number of hydrogen-bond donors (Lipinski definition) is 1. The lowest BCUT2D eigenvalue weighted by Gasteiger charge is -2.36. The van der Waals surface area contributed by atoms with Crippen LogP contribution >= 0.6 is 0 Å². The first-order valence-electron chi connectivity index (χ1n) is 7.50. The first kappa shape index (κ1) is 15.0. The molecule has 0 heterocycles. The molecule has 2 unspecified atom stereocenters. The number of ether oxygens (including phenoxy) is 1. The number of benzene rings is 1. The molecule has 20 heavy (non-hydrogen) atoms. The summed E-state index contributed by atoms with van der Waals surface area (Å²) >= 11 is 0. The molecule has 0 aromatic heterocycles. The number of aliphatic carboxylic acids is 1. The minimum absolute atomic E-state index is 0.0635. The van der Waals surface area contributed by atoms with Crippen LogP contribution in [0.1, 0.15) is 38.7 Å². The van der Waals surface area contributed by atoms with Crippen molar-refractivity contribution in [1.29, 1.82) is 0 Å². The molecule has 1 aliphatic rings. The summed E-state index contributed by atoms with van der Waals surface area (Å²) in [5, 5.41) is 9.41. The van der Waals surface area contributed by atoms with Crippen LogP contribution in [0.3, 0.4) is 0 Å². The predicted molar refractivity (Wildman–Crippen MR) is 78.6 cm³/mol. The van der Waals surface area contributed by atoms with Crippen LogP contribution in [0.15, 0.2) is 30.3 Å². The molecule has 1 aliphatic carbocycles. The second-order valence-electron chi connectivity index (χ2n) is 6.00. The van der Waals surface area contributed by atoms with E-state index in [1.54, 1.807) is 0 Å². The molecule has 1 N–H and O–H groups in total. The Hall–Kier alpha value is -1.35. The molecule has 0 radical (unpaired) electrons. The van der Waals surface area contributed by atoms with Gasteiger partial charge in [-0.25, -0.2) is 4.79 Å². The van der Waals surface area contributed by atoms with E-state index in [1.807, 2.05) is 30.3 Å². The highest BCUT2D eigenvalue weighted by Crippen LogP contribution is 2.32. The maximum absolute atomic E-state index is 11.5. The Bertz CT molecular complexity index is 419. The topological polar surface area (TPSA) is 46.5 Å². The van der Waals surface area contributed by atoms with Gasteiger partial charge in [-0.2, -0.15) is 0 Å². The fourth-order valence-electron chi connectivity index (χ4n) is 3.13. The zero-order valence-electron chi connectivity index (χ0n) is 12.3. The largest absolute Gasteiger partial charge is 0.479 e. The van der Waals surface area contributed by atoms with E-state index in [-0.39, 0.29) is 6.10 Å². The van der Waals surface area contributed by atoms with Crippen LogP contribution in [-0.2, 0) is 16.0 Å². The minimum Gasteiger partial charge on any atom is -0.479 e. The fraction of sp³-hybridized carbons (Fsp3) is 0.588. The monoisotopic (exact) mass is 276 g/mol. The Morgan fingerprint density at radius 3 is 2.40 bits per heavy atom. The maximum Gasteiger partial charge on any atom is 0.333 e. The number of carboxylic acids is 1. The molecule has 2 rings (SSSR count). The van der Waals surface area contributed by atoms with E-state index in [0.717, 1.165) is 18.4 Å². The van der Waals surface area contributed by atoms with Crippen LogP contribution in [0.25, 0.3) is 0 Å². The average Bonchev–Trinajstić information content (AvgIpc) is 2.42. The Balaban J connectivity index is 2.03. The highest BCUT2D eigenvalue weighted by atomic mass is 16.5. The van der Waals surface area contributed by atoms with Gasteiger partial charge in [-0.15, -0.1) is 0 Å². The van der Waals surface area contributed by atoms with Crippen molar-refractivity contribution >= 4 is 5.97 Å². The van der Waals surface area contributed by atoms with E-state index in [0.29, 0.717) is 18.3 Å². The molecule has 0 bridgehead atoms. The van der Waals surface area contributed by atoms with Crippen LogP contribution in [0.4, 0.5) is 0 Å². The minimum atomic E-state index is -0.862. The van der Waals surface area contributed by atoms with Crippen LogP contribution in [0, 0.1) is 11.8 Å². The molecule has 3 atom stereocenters. The summed E-state index contributed by atoms with van der Waals surface area (Å²) in [4.78, 5) is 11.5. The third-order valence-electron chi connectivity index (χ3n) is 4.30. The Morgan fingerprint density at radius 1 is 1.25 bits per heavy atom. The highest BCUT2D eigenvalue weighted by Gasteiger charge is 2.32. The van der Waals surface area contributed by atoms with Gasteiger partial charge >= 0.3 is 5.97 Å². The van der Waals surface area contributed by atoms with Crippen LogP contribution in [-0.4, -0.2) is 23.3 Å². The molecule has 0 aliphatic heterocycles. The molecule has 3 heteroatoms. The van der Waals surface area contributed by atoms with Gasteiger partial charge < -0.3 is 9.84 Å². The van der Waals surface area contributed by atoms with Gasteiger partial charge in [0.1, 0.15) is 0 Å². The number of carboxylic acid groups (broad SMARTS) is 1. The van der Waals surface area contributed by atoms with Crippen molar-refractivity contribution in [2.45, 2.75) is 51.7 Å². The molecule has 0 saturated heterocycles. The van der Waals surface area contributed by atoms with E-state index in [1.165, 1.54) is 6.42 Å². The van der Waals surface area contributed by atoms with Gasteiger partial charge in [-0.05, 0) is 30.2 Å². The standard InChI is InChI=1S/C17H24O3/c1-12-7-6-8-13(2)16(12)20-15(17(18)19)11-14-9-4-3-5-10-14/h3-5,9-10,12-13,15-16H,6-8,11H2,1-2H3,(H,18,19)/t12?,13?,15-,16?/m0/s1. The lowest BCUT2D eigenvalue weighted by atomic mass is 9.80. The van der Waals surface area contributed by atoms with Crippen molar-refractivity contribution in [3.8, 4) is 0 Å². The van der Waals surface area contributed by atoms with Gasteiger partial charge in [0.2, 0.25) is 0 Å². The quantitative estimate of drug-likeness (QED) is 0.895. The summed E-state index contributed by atoms with van der Waals surface area (Å²) in [6, 6.07) is 9.70. The number of rotatable bonds is 5. The van der Waals surface area contributed by atoms with Gasteiger partial charge in [-0.3, -0.25) is 0 Å². The Morgan fingerprint density at radius 2 is 1.85 bits per heavy atom. The first-order valence-corrected chi connectivity index (χ1v) is 7.50. The van der Waals surface area contributed by atoms with E-state index < -0.39 is 12.1 Å². The molecular weight excluding hydrogens is 252 g/mol. The smallest absolute Gasteiger partial charge is 0.333 e. The van der Waals surface area contributed by atoms with Gasteiger partial charge in [0, 0.05) is 6.42 Å². The van der Waals surface area contributed by atoms with E-state index in [2.05, 4.69) is 13.8 Å². The van der Waals surface area contributed by atoms with Gasteiger partial charge in [0.05, 0.1) is 6.10 Å². The van der Waals surface area contributed by atoms with Crippen molar-refractivity contribution in [1.82, 2.24) is 0 Å². The Kier molecular flexibility index (Phi) is 5.18. The zero-order valence-corrected chi connectivity index (χ0v) is 12.3. The highest BCUT2D eigenvalue weighted by molar-refractivity contribution is 5.72. The second kappa shape index (κ2) is 6.89. The van der Waals surface area contributed by atoms with Gasteiger partial charge in [0.15, 0.2) is 6.10 Å². The van der Waals surface area contributed by atoms with Crippen LogP contribution in [0.5, 0.6) is 0 Å². The van der Waals surface area contributed by atoms with E-state index in [9.17, 15) is 9.90 Å².